The number of ketones is 1. The van der Waals surface area contributed by atoms with E-state index in [2.05, 4.69) is 9.88 Å². The van der Waals surface area contributed by atoms with Gasteiger partial charge in [0.15, 0.2) is 0 Å². The Morgan fingerprint density at radius 3 is 2.44 bits per heavy atom. The Labute approximate surface area is 107 Å². The molecule has 4 heteroatoms. The summed E-state index contributed by atoms with van der Waals surface area (Å²) in [5, 5.41) is 10.6. The molecule has 3 rings (SSSR count). The van der Waals surface area contributed by atoms with E-state index in [0.717, 1.165) is 24.5 Å². The number of nitrogens with zero attached hydrogens (tertiary/aromatic N) is 2. The van der Waals surface area contributed by atoms with Crippen molar-refractivity contribution in [3.8, 4) is 0 Å². The Hall–Kier alpha value is -1.42. The third-order valence-corrected chi connectivity index (χ3v) is 4.10. The van der Waals surface area contributed by atoms with E-state index in [-0.39, 0.29) is 5.78 Å². The highest BCUT2D eigenvalue weighted by atomic mass is 16.3. The number of anilines is 1. The third kappa shape index (κ3) is 2.01. The second kappa shape index (κ2) is 4.35. The zero-order valence-corrected chi connectivity index (χ0v) is 10.4. The van der Waals surface area contributed by atoms with E-state index in [4.69, 9.17) is 0 Å². The standard InChI is InChI=1S/C14H18N2O2/c17-12-4-6-14(18,7-5-12)11-2-3-13(15-10-11)16-8-1-9-16/h2-3,10,18H,1,4-9H2. The summed E-state index contributed by atoms with van der Waals surface area (Å²) in [5.74, 6) is 1.24. The summed E-state index contributed by atoms with van der Waals surface area (Å²) in [6.07, 6.45) is 5.00. The van der Waals surface area contributed by atoms with Crippen LogP contribution < -0.4 is 4.90 Å². The van der Waals surface area contributed by atoms with Crippen molar-refractivity contribution in [3.05, 3.63) is 23.9 Å². The van der Waals surface area contributed by atoms with Gasteiger partial charge in [0.1, 0.15) is 11.6 Å². The predicted molar refractivity (Wildman–Crippen MR) is 68.4 cm³/mol. The number of aliphatic hydroxyl groups is 1. The quantitative estimate of drug-likeness (QED) is 0.861. The van der Waals surface area contributed by atoms with E-state index in [1.165, 1.54) is 6.42 Å². The van der Waals surface area contributed by atoms with Crippen molar-refractivity contribution in [2.45, 2.75) is 37.7 Å². The number of rotatable bonds is 2. The second-order valence-corrected chi connectivity index (χ2v) is 5.32. The predicted octanol–water partition coefficient (Wildman–Crippen LogP) is 1.62. The van der Waals surface area contributed by atoms with Gasteiger partial charge >= 0.3 is 0 Å². The van der Waals surface area contributed by atoms with Gasteiger partial charge in [0.25, 0.3) is 0 Å². The summed E-state index contributed by atoms with van der Waals surface area (Å²) in [6, 6.07) is 3.93. The molecule has 18 heavy (non-hydrogen) atoms. The molecular weight excluding hydrogens is 228 g/mol. The van der Waals surface area contributed by atoms with Gasteiger partial charge in [-0.15, -0.1) is 0 Å². The van der Waals surface area contributed by atoms with E-state index in [0.29, 0.717) is 25.7 Å². The first-order valence-corrected chi connectivity index (χ1v) is 6.63. The number of hydrogen-bond acceptors (Lipinski definition) is 4. The van der Waals surface area contributed by atoms with Crippen LogP contribution >= 0.6 is 0 Å². The number of Topliss-reactive ketones (excluding diaryl/α,β-unsaturated/α-hetero) is 1. The number of aromatic nitrogens is 1. The molecule has 2 heterocycles. The molecule has 1 aromatic rings. The molecule has 0 spiro atoms. The molecular formula is C14H18N2O2. The summed E-state index contributed by atoms with van der Waals surface area (Å²) in [6.45, 7) is 2.15. The number of carbonyl (C=O) groups excluding carboxylic acids is 1. The van der Waals surface area contributed by atoms with E-state index in [9.17, 15) is 9.90 Å². The lowest BCUT2D eigenvalue weighted by molar-refractivity contribution is -0.125. The fourth-order valence-electron chi connectivity index (χ4n) is 2.62. The van der Waals surface area contributed by atoms with Crippen LogP contribution in [0.4, 0.5) is 5.82 Å². The Balaban J connectivity index is 1.77. The van der Waals surface area contributed by atoms with Crippen LogP contribution in [0.3, 0.4) is 0 Å². The lowest BCUT2D eigenvalue weighted by atomic mass is 9.80. The van der Waals surface area contributed by atoms with Gasteiger partial charge in [-0.3, -0.25) is 4.79 Å². The molecule has 1 N–H and O–H groups in total. The maximum atomic E-state index is 11.2. The molecule has 0 amide bonds. The van der Waals surface area contributed by atoms with Crippen LogP contribution in [-0.4, -0.2) is 29.0 Å². The molecule has 0 radical (unpaired) electrons. The average molecular weight is 246 g/mol. The van der Waals surface area contributed by atoms with Crippen molar-refractivity contribution in [2.24, 2.45) is 0 Å². The van der Waals surface area contributed by atoms with Crippen LogP contribution in [0.2, 0.25) is 0 Å². The van der Waals surface area contributed by atoms with Crippen LogP contribution in [0.15, 0.2) is 18.3 Å². The Kier molecular flexibility index (Phi) is 2.82. The Bertz CT molecular complexity index is 441. The molecule has 0 bridgehead atoms. The first-order valence-electron chi connectivity index (χ1n) is 6.63. The van der Waals surface area contributed by atoms with Crippen molar-refractivity contribution in [1.82, 2.24) is 4.98 Å². The van der Waals surface area contributed by atoms with Gasteiger partial charge < -0.3 is 10.0 Å². The summed E-state index contributed by atoms with van der Waals surface area (Å²) >= 11 is 0. The molecule has 1 saturated heterocycles. The zero-order chi connectivity index (χ0) is 12.6. The molecule has 0 atom stereocenters. The Morgan fingerprint density at radius 2 is 1.94 bits per heavy atom. The van der Waals surface area contributed by atoms with E-state index in [1.807, 2.05) is 12.1 Å². The number of pyridine rings is 1. The molecule has 2 aliphatic rings. The topological polar surface area (TPSA) is 53.4 Å². The van der Waals surface area contributed by atoms with Gasteiger partial charge in [-0.2, -0.15) is 0 Å². The smallest absolute Gasteiger partial charge is 0.133 e. The molecule has 1 aliphatic heterocycles. The first-order chi connectivity index (χ1) is 8.67. The largest absolute Gasteiger partial charge is 0.385 e. The highest BCUT2D eigenvalue weighted by Gasteiger charge is 2.34. The van der Waals surface area contributed by atoms with Crippen LogP contribution in [0.25, 0.3) is 0 Å². The molecule has 2 fully saturated rings. The number of carbonyl (C=O) groups is 1. The average Bonchev–Trinajstić information content (AvgIpc) is 2.32. The van der Waals surface area contributed by atoms with Gasteiger partial charge in [-0.1, -0.05) is 6.07 Å². The molecule has 1 aromatic heterocycles. The minimum Gasteiger partial charge on any atom is -0.385 e. The molecule has 96 valence electrons. The van der Waals surface area contributed by atoms with Crippen molar-refractivity contribution in [3.63, 3.8) is 0 Å². The maximum absolute atomic E-state index is 11.2. The zero-order valence-electron chi connectivity index (χ0n) is 10.4. The van der Waals surface area contributed by atoms with Crippen molar-refractivity contribution in [2.75, 3.05) is 18.0 Å². The summed E-state index contributed by atoms with van der Waals surface area (Å²) in [7, 11) is 0. The monoisotopic (exact) mass is 246 g/mol. The molecule has 0 aromatic carbocycles. The van der Waals surface area contributed by atoms with Crippen LogP contribution in [0.1, 0.15) is 37.7 Å². The van der Waals surface area contributed by atoms with Crippen molar-refractivity contribution >= 4 is 11.6 Å². The highest BCUT2D eigenvalue weighted by Crippen LogP contribution is 2.35. The summed E-state index contributed by atoms with van der Waals surface area (Å²) in [5.41, 5.74) is -0.00624. The van der Waals surface area contributed by atoms with Crippen LogP contribution in [0, 0.1) is 0 Å². The van der Waals surface area contributed by atoms with Gasteiger partial charge in [0.2, 0.25) is 0 Å². The van der Waals surface area contributed by atoms with Crippen molar-refractivity contribution in [1.29, 1.82) is 0 Å². The molecule has 0 unspecified atom stereocenters. The van der Waals surface area contributed by atoms with Crippen LogP contribution in [0.5, 0.6) is 0 Å². The fourth-order valence-corrected chi connectivity index (χ4v) is 2.62. The molecule has 1 saturated carbocycles. The maximum Gasteiger partial charge on any atom is 0.133 e. The minimum atomic E-state index is -0.853. The summed E-state index contributed by atoms with van der Waals surface area (Å²) < 4.78 is 0. The summed E-state index contributed by atoms with van der Waals surface area (Å²) in [4.78, 5) is 17.9. The van der Waals surface area contributed by atoms with E-state index >= 15 is 0 Å². The number of hydrogen-bond donors (Lipinski definition) is 1. The third-order valence-electron chi connectivity index (χ3n) is 4.10. The van der Waals surface area contributed by atoms with E-state index < -0.39 is 5.60 Å². The highest BCUT2D eigenvalue weighted by molar-refractivity contribution is 5.79. The lowest BCUT2D eigenvalue weighted by Crippen LogP contribution is -2.38. The second-order valence-electron chi connectivity index (χ2n) is 5.32. The van der Waals surface area contributed by atoms with Crippen LogP contribution in [-0.2, 0) is 10.4 Å². The normalized spacial score (nSPS) is 22.7. The first kappa shape index (κ1) is 11.7. The van der Waals surface area contributed by atoms with Gasteiger partial charge in [-0.05, 0) is 25.3 Å². The van der Waals surface area contributed by atoms with E-state index in [1.54, 1.807) is 6.20 Å². The molecule has 4 nitrogen and oxygen atoms in total. The Morgan fingerprint density at radius 1 is 1.22 bits per heavy atom. The van der Waals surface area contributed by atoms with Crippen molar-refractivity contribution < 1.29 is 9.90 Å². The van der Waals surface area contributed by atoms with Gasteiger partial charge in [0.05, 0.1) is 5.60 Å². The molecule has 1 aliphatic carbocycles. The lowest BCUT2D eigenvalue weighted by Gasteiger charge is -2.34. The fraction of sp³-hybridized carbons (Fsp3) is 0.571. The van der Waals surface area contributed by atoms with Gasteiger partial charge in [-0.25, -0.2) is 4.98 Å². The minimum absolute atomic E-state index is 0.254. The van der Waals surface area contributed by atoms with Gasteiger partial charge in [0, 0.05) is 37.7 Å². The SMILES string of the molecule is O=C1CCC(O)(c2ccc(N3CCC3)nc2)CC1.